The van der Waals surface area contributed by atoms with Crippen molar-refractivity contribution >= 4 is 30.1 Å². The molecule has 5 heteroatoms. The number of rotatable bonds is 4. The molecule has 0 fully saturated rings. The molecule has 0 spiro atoms. The largest absolute Gasteiger partial charge is 0.478 e. The Labute approximate surface area is 152 Å². The number of thiol groups is 1. The van der Waals surface area contributed by atoms with Gasteiger partial charge in [-0.2, -0.15) is 0 Å². The van der Waals surface area contributed by atoms with Crippen molar-refractivity contribution in [3.63, 3.8) is 0 Å². The van der Waals surface area contributed by atoms with Crippen molar-refractivity contribution in [2.24, 2.45) is 5.41 Å². The van der Waals surface area contributed by atoms with E-state index in [1.165, 1.54) is 4.88 Å². The molecule has 24 heavy (non-hydrogen) atoms. The average Bonchev–Trinajstić information content (AvgIpc) is 2.86. The zero-order valence-electron chi connectivity index (χ0n) is 14.3. The molecule has 0 amide bonds. The van der Waals surface area contributed by atoms with Crippen LogP contribution in [0.4, 0.5) is 0 Å². The maximum absolute atomic E-state index is 12.1. The summed E-state index contributed by atoms with van der Waals surface area (Å²) in [7, 11) is 0. The van der Waals surface area contributed by atoms with Crippen LogP contribution in [0.3, 0.4) is 0 Å². The molecule has 1 aromatic heterocycles. The van der Waals surface area contributed by atoms with E-state index in [0.29, 0.717) is 12.1 Å². The second-order valence-corrected chi connectivity index (χ2v) is 8.77. The quantitative estimate of drug-likeness (QED) is 0.681. The number of carboxylic acids is 1. The van der Waals surface area contributed by atoms with Gasteiger partial charge in [-0.15, -0.1) is 11.3 Å². The number of aryl methyl sites for hydroxylation is 2. The first-order chi connectivity index (χ1) is 11.3. The van der Waals surface area contributed by atoms with Crippen LogP contribution in [-0.4, -0.2) is 11.1 Å². The molecule has 0 atom stereocenters. The third kappa shape index (κ3) is 3.25. The summed E-state index contributed by atoms with van der Waals surface area (Å²) in [5, 5.41) is 9.91. The van der Waals surface area contributed by atoms with E-state index < -0.39 is 5.97 Å². The number of carboxylic acid groups (broad SMARTS) is 1. The number of hydrogen-bond donors (Lipinski definition) is 3. The van der Waals surface area contributed by atoms with E-state index in [2.05, 4.69) is 49.6 Å². The molecule has 1 aromatic carbocycles. The molecule has 3 rings (SSSR count). The van der Waals surface area contributed by atoms with Gasteiger partial charge in [0.25, 0.3) is 0 Å². The lowest BCUT2D eigenvalue weighted by atomic mass is 9.76. The van der Waals surface area contributed by atoms with Crippen LogP contribution in [0, 0.1) is 12.3 Å². The Morgan fingerprint density at radius 3 is 2.83 bits per heavy atom. The summed E-state index contributed by atoms with van der Waals surface area (Å²) < 4.78 is 2.89. The minimum atomic E-state index is -0.813. The van der Waals surface area contributed by atoms with Gasteiger partial charge in [-0.3, -0.25) is 4.72 Å². The summed E-state index contributed by atoms with van der Waals surface area (Å²) in [4.78, 5) is 14.2. The highest BCUT2D eigenvalue weighted by molar-refractivity contribution is 7.78. The highest BCUT2D eigenvalue weighted by atomic mass is 32.1. The van der Waals surface area contributed by atoms with Gasteiger partial charge in [-0.05, 0) is 48.3 Å². The first-order valence-corrected chi connectivity index (χ1v) is 9.43. The third-order valence-electron chi connectivity index (χ3n) is 4.77. The predicted molar refractivity (Wildman–Crippen MR) is 103 cm³/mol. The Bertz CT molecular complexity index is 793. The molecule has 1 aliphatic rings. The van der Waals surface area contributed by atoms with Crippen LogP contribution in [0.1, 0.15) is 52.2 Å². The normalized spacial score (nSPS) is 16.0. The zero-order chi connectivity index (χ0) is 17.5. The number of hydrogen-bond acceptors (Lipinski definition) is 4. The van der Waals surface area contributed by atoms with Gasteiger partial charge in [-0.25, -0.2) is 4.79 Å². The Morgan fingerprint density at radius 1 is 1.42 bits per heavy atom. The molecule has 1 heterocycles. The van der Waals surface area contributed by atoms with Crippen LogP contribution in [0.2, 0.25) is 0 Å². The Morgan fingerprint density at radius 2 is 2.17 bits per heavy atom. The number of carbonyl (C=O) groups is 1. The number of nitrogens with one attached hydrogen (secondary N) is 1. The summed E-state index contributed by atoms with van der Waals surface area (Å²) in [5.41, 5.74) is 4.95. The minimum absolute atomic E-state index is 0.164. The second kappa shape index (κ2) is 6.54. The van der Waals surface area contributed by atoms with Crippen LogP contribution < -0.4 is 4.72 Å². The molecular weight excluding hydrogens is 338 g/mol. The van der Waals surface area contributed by atoms with Gasteiger partial charge >= 0.3 is 5.97 Å². The van der Waals surface area contributed by atoms with Gasteiger partial charge in [0.15, 0.2) is 0 Å². The average molecular weight is 362 g/mol. The van der Waals surface area contributed by atoms with Gasteiger partial charge in [0.2, 0.25) is 0 Å². The van der Waals surface area contributed by atoms with Gasteiger partial charge in [0, 0.05) is 16.3 Å². The summed E-state index contributed by atoms with van der Waals surface area (Å²) in [6.07, 6.45) is 2.92. The summed E-state index contributed by atoms with van der Waals surface area (Å²) in [6, 6.07) is 6.21. The monoisotopic (exact) mass is 361 g/mol. The van der Waals surface area contributed by atoms with Crippen molar-refractivity contribution in [2.45, 2.75) is 46.6 Å². The fourth-order valence-corrected chi connectivity index (χ4v) is 5.01. The summed E-state index contributed by atoms with van der Waals surface area (Å²) in [6.45, 7) is 7.09. The molecule has 0 radical (unpaired) electrons. The zero-order valence-corrected chi connectivity index (χ0v) is 16.0. The minimum Gasteiger partial charge on any atom is -0.478 e. The van der Waals surface area contributed by atoms with Crippen LogP contribution >= 0.6 is 24.2 Å². The van der Waals surface area contributed by atoms with Gasteiger partial charge in [0.1, 0.15) is 0 Å². The third-order valence-corrected chi connectivity index (χ3v) is 6.25. The molecule has 0 saturated heterocycles. The fourth-order valence-electron chi connectivity index (χ4n) is 3.48. The lowest BCUT2D eigenvalue weighted by Gasteiger charge is -2.29. The summed E-state index contributed by atoms with van der Waals surface area (Å²) in [5.74, 6) is -0.813. The van der Waals surface area contributed by atoms with Gasteiger partial charge < -0.3 is 5.11 Å². The standard InChI is InChI=1S/C19H23NO2S2/c1-11-4-5-12(10-20-23)13(8-11)17-16(18(21)22)14-9-19(2,3)7-6-15(14)24-17/h4-5,8,20,23H,6-7,9-10H2,1-3H3,(H,21,22). The van der Waals surface area contributed by atoms with E-state index in [4.69, 9.17) is 0 Å². The van der Waals surface area contributed by atoms with E-state index in [1.54, 1.807) is 11.3 Å². The van der Waals surface area contributed by atoms with E-state index in [-0.39, 0.29) is 5.41 Å². The molecule has 3 nitrogen and oxygen atoms in total. The highest BCUT2D eigenvalue weighted by Crippen LogP contribution is 2.45. The number of fused-ring (bicyclic) bond motifs is 1. The van der Waals surface area contributed by atoms with Crippen molar-refractivity contribution in [3.8, 4) is 10.4 Å². The van der Waals surface area contributed by atoms with E-state index >= 15 is 0 Å². The van der Waals surface area contributed by atoms with Crippen molar-refractivity contribution in [2.75, 3.05) is 0 Å². The SMILES string of the molecule is Cc1ccc(CNS)c(-c2sc3c(c2C(=O)O)CC(C)(C)CC3)c1. The molecule has 0 unspecified atom stereocenters. The topological polar surface area (TPSA) is 49.3 Å². The number of thiophene rings is 1. The van der Waals surface area contributed by atoms with Crippen LogP contribution in [0.25, 0.3) is 10.4 Å². The first kappa shape index (κ1) is 17.5. The highest BCUT2D eigenvalue weighted by Gasteiger charge is 2.33. The molecular formula is C19H23NO2S2. The summed E-state index contributed by atoms with van der Waals surface area (Å²) >= 11 is 5.78. The Kier molecular flexibility index (Phi) is 4.78. The number of benzene rings is 1. The molecule has 128 valence electrons. The maximum Gasteiger partial charge on any atom is 0.337 e. The van der Waals surface area contributed by atoms with Gasteiger partial charge in [-0.1, -0.05) is 50.4 Å². The van der Waals surface area contributed by atoms with E-state index in [1.807, 2.05) is 6.92 Å². The van der Waals surface area contributed by atoms with E-state index in [9.17, 15) is 9.90 Å². The molecule has 0 saturated carbocycles. The maximum atomic E-state index is 12.1. The van der Waals surface area contributed by atoms with Crippen LogP contribution in [0.15, 0.2) is 18.2 Å². The smallest absolute Gasteiger partial charge is 0.337 e. The predicted octanol–water partition coefficient (Wildman–Crippen LogP) is 4.87. The van der Waals surface area contributed by atoms with Crippen LogP contribution in [-0.2, 0) is 19.4 Å². The molecule has 0 bridgehead atoms. The second-order valence-electron chi connectivity index (χ2n) is 7.35. The lowest BCUT2D eigenvalue weighted by molar-refractivity contribution is 0.0696. The van der Waals surface area contributed by atoms with Crippen molar-refractivity contribution in [3.05, 3.63) is 45.3 Å². The van der Waals surface area contributed by atoms with E-state index in [0.717, 1.165) is 46.4 Å². The van der Waals surface area contributed by atoms with Crippen molar-refractivity contribution in [1.82, 2.24) is 4.72 Å². The Balaban J connectivity index is 2.21. The Hall–Kier alpha value is -1.30. The number of aromatic carboxylic acids is 1. The van der Waals surface area contributed by atoms with Gasteiger partial charge in [0.05, 0.1) is 5.56 Å². The van der Waals surface area contributed by atoms with Crippen LogP contribution in [0.5, 0.6) is 0 Å². The van der Waals surface area contributed by atoms with Crippen molar-refractivity contribution < 1.29 is 9.90 Å². The molecule has 2 aromatic rings. The molecule has 1 aliphatic carbocycles. The fraction of sp³-hybridized carbons (Fsp3) is 0.421. The molecule has 2 N–H and O–H groups in total. The molecule has 0 aliphatic heterocycles. The van der Waals surface area contributed by atoms with Crippen molar-refractivity contribution in [1.29, 1.82) is 0 Å². The first-order valence-electron chi connectivity index (χ1n) is 8.17. The lowest BCUT2D eigenvalue weighted by Crippen LogP contribution is -2.22.